The van der Waals surface area contributed by atoms with E-state index in [1.54, 1.807) is 32.4 Å². The van der Waals surface area contributed by atoms with E-state index in [0.29, 0.717) is 27.8 Å². The van der Waals surface area contributed by atoms with Gasteiger partial charge in [0.25, 0.3) is 0 Å². The Morgan fingerprint density at radius 3 is 2.47 bits per heavy atom. The molecule has 0 bridgehead atoms. The van der Waals surface area contributed by atoms with Crippen LogP contribution in [0, 0.1) is 0 Å². The SMILES string of the molecule is CNc1ccncc1-n1nc(Cn2nc(-c3ccc(Cl)cc3)n(C[C@H](O)C(F)(F)F)c2=O)nc1C(C)N.Cl. The minimum absolute atomic E-state index is 0. The third-order valence-electron chi connectivity index (χ3n) is 5.43. The minimum Gasteiger partial charge on any atom is -0.386 e. The van der Waals surface area contributed by atoms with Crippen LogP contribution in [0.3, 0.4) is 0 Å². The van der Waals surface area contributed by atoms with E-state index in [4.69, 9.17) is 17.3 Å². The van der Waals surface area contributed by atoms with Gasteiger partial charge in [-0.15, -0.1) is 22.6 Å². The van der Waals surface area contributed by atoms with Gasteiger partial charge in [-0.1, -0.05) is 11.6 Å². The molecule has 0 spiro atoms. The van der Waals surface area contributed by atoms with Gasteiger partial charge in [0.15, 0.2) is 17.8 Å². The minimum atomic E-state index is -4.93. The summed E-state index contributed by atoms with van der Waals surface area (Å²) in [6.45, 7) is 0.392. The zero-order valence-electron chi connectivity index (χ0n) is 20.1. The molecule has 0 fully saturated rings. The standard InChI is InChI=1S/C22H23ClF3N9O2.ClH/c1-12(27)19-30-18(31-35(19)16-9-29-8-7-15(16)28-2)11-34-21(37)33(10-17(36)22(24,25)26)20(32-34)13-3-5-14(23)6-4-13;/h3-9,12,17,36H,10-11,27H2,1-2H3,(H,28,29);1H/t12?,17-;/m0./s1. The highest BCUT2D eigenvalue weighted by Crippen LogP contribution is 2.25. The zero-order chi connectivity index (χ0) is 26.9. The van der Waals surface area contributed by atoms with E-state index < -0.39 is 30.6 Å². The summed E-state index contributed by atoms with van der Waals surface area (Å²) in [4.78, 5) is 21.7. The molecule has 4 aromatic rings. The molecule has 1 aromatic carbocycles. The lowest BCUT2D eigenvalue weighted by atomic mass is 10.2. The van der Waals surface area contributed by atoms with Crippen molar-refractivity contribution >= 4 is 29.7 Å². The molecule has 3 aromatic heterocycles. The smallest absolute Gasteiger partial charge is 0.386 e. The van der Waals surface area contributed by atoms with Gasteiger partial charge in [-0.25, -0.2) is 19.1 Å². The third-order valence-corrected chi connectivity index (χ3v) is 5.68. The lowest BCUT2D eigenvalue weighted by Crippen LogP contribution is -2.37. The van der Waals surface area contributed by atoms with Gasteiger partial charge in [0.2, 0.25) is 0 Å². The van der Waals surface area contributed by atoms with Crippen LogP contribution < -0.4 is 16.7 Å². The summed E-state index contributed by atoms with van der Waals surface area (Å²) < 4.78 is 42.5. The number of aliphatic hydroxyl groups is 1. The molecule has 11 nitrogen and oxygen atoms in total. The molecule has 0 saturated carbocycles. The maximum absolute atomic E-state index is 13.1. The third kappa shape index (κ3) is 5.99. The molecule has 204 valence electrons. The van der Waals surface area contributed by atoms with E-state index in [1.807, 2.05) is 0 Å². The first-order valence-corrected chi connectivity index (χ1v) is 11.4. The van der Waals surface area contributed by atoms with Gasteiger partial charge >= 0.3 is 11.9 Å². The van der Waals surface area contributed by atoms with Crippen LogP contribution >= 0.6 is 24.0 Å². The lowest BCUT2D eigenvalue weighted by molar-refractivity contribution is -0.207. The topological polar surface area (TPSA) is 142 Å². The molecule has 3 heterocycles. The number of hydrogen-bond donors (Lipinski definition) is 3. The summed E-state index contributed by atoms with van der Waals surface area (Å²) in [5, 5.41) is 21.8. The van der Waals surface area contributed by atoms with Crippen LogP contribution in [0.2, 0.25) is 5.02 Å². The number of benzene rings is 1. The van der Waals surface area contributed by atoms with E-state index in [-0.39, 0.29) is 30.6 Å². The number of pyridine rings is 1. The normalized spacial score (nSPS) is 13.2. The van der Waals surface area contributed by atoms with Crippen LogP contribution in [0.25, 0.3) is 17.1 Å². The Morgan fingerprint density at radius 1 is 1.18 bits per heavy atom. The second-order valence-corrected chi connectivity index (χ2v) is 8.60. The Kier molecular flexibility index (Phi) is 8.82. The molecule has 0 aliphatic rings. The summed E-state index contributed by atoms with van der Waals surface area (Å²) in [7, 11) is 1.72. The van der Waals surface area contributed by atoms with E-state index in [2.05, 4.69) is 25.5 Å². The predicted octanol–water partition coefficient (Wildman–Crippen LogP) is 2.80. The van der Waals surface area contributed by atoms with Gasteiger partial charge in [0.1, 0.15) is 18.1 Å². The molecule has 0 amide bonds. The number of nitrogens with one attached hydrogen (secondary N) is 1. The Morgan fingerprint density at radius 2 is 1.87 bits per heavy atom. The number of anilines is 1. The fourth-order valence-electron chi connectivity index (χ4n) is 3.61. The van der Waals surface area contributed by atoms with Gasteiger partial charge in [-0.2, -0.15) is 13.2 Å². The second-order valence-electron chi connectivity index (χ2n) is 8.17. The number of aromatic nitrogens is 7. The molecule has 16 heteroatoms. The molecule has 2 atom stereocenters. The number of halogens is 5. The Balaban J connectivity index is 0.00000400. The average molecular weight is 574 g/mol. The Labute approximate surface area is 225 Å². The lowest BCUT2D eigenvalue weighted by Gasteiger charge is -2.15. The first-order chi connectivity index (χ1) is 17.5. The maximum Gasteiger partial charge on any atom is 0.416 e. The van der Waals surface area contributed by atoms with Crippen LogP contribution in [0.15, 0.2) is 47.5 Å². The molecule has 4 N–H and O–H groups in total. The summed E-state index contributed by atoms with van der Waals surface area (Å²) in [5.74, 6) is 0.433. The first kappa shape index (κ1) is 29.1. The summed E-state index contributed by atoms with van der Waals surface area (Å²) in [6, 6.07) is 7.22. The fraction of sp³-hybridized carbons (Fsp3) is 0.318. The molecule has 0 saturated heterocycles. The predicted molar refractivity (Wildman–Crippen MR) is 137 cm³/mol. The summed E-state index contributed by atoms with van der Waals surface area (Å²) >= 11 is 5.92. The molecule has 1 unspecified atom stereocenters. The first-order valence-electron chi connectivity index (χ1n) is 11.0. The number of rotatable bonds is 8. The van der Waals surface area contributed by atoms with Crippen molar-refractivity contribution in [2.75, 3.05) is 12.4 Å². The van der Waals surface area contributed by atoms with Crippen molar-refractivity contribution in [3.63, 3.8) is 0 Å². The monoisotopic (exact) mass is 573 g/mol. The fourth-order valence-corrected chi connectivity index (χ4v) is 3.73. The Bertz CT molecular complexity index is 1450. The molecule has 0 aliphatic carbocycles. The van der Waals surface area contributed by atoms with Crippen molar-refractivity contribution in [2.45, 2.75) is 38.3 Å². The van der Waals surface area contributed by atoms with Gasteiger partial charge in [0.05, 0.1) is 24.5 Å². The number of aliphatic hydroxyl groups excluding tert-OH is 1. The number of alkyl halides is 3. The van der Waals surface area contributed by atoms with Crippen LogP contribution in [-0.2, 0) is 13.1 Å². The van der Waals surface area contributed by atoms with Crippen molar-refractivity contribution in [1.29, 1.82) is 0 Å². The van der Waals surface area contributed by atoms with E-state index >= 15 is 0 Å². The quantitative estimate of drug-likeness (QED) is 0.292. The number of nitrogens with zero attached hydrogens (tertiary/aromatic N) is 7. The van der Waals surface area contributed by atoms with E-state index in [0.717, 1.165) is 9.25 Å². The highest BCUT2D eigenvalue weighted by atomic mass is 35.5. The summed E-state index contributed by atoms with van der Waals surface area (Å²) in [5.41, 5.74) is 6.80. The maximum atomic E-state index is 13.1. The summed E-state index contributed by atoms with van der Waals surface area (Å²) in [6.07, 6.45) is -4.55. The van der Waals surface area contributed by atoms with Crippen LogP contribution in [0.5, 0.6) is 0 Å². The molecule has 0 aliphatic heterocycles. The van der Waals surface area contributed by atoms with E-state index in [1.165, 1.54) is 28.9 Å². The van der Waals surface area contributed by atoms with Crippen LogP contribution in [-0.4, -0.2) is 58.5 Å². The molecule has 38 heavy (non-hydrogen) atoms. The second kappa shape index (κ2) is 11.5. The molecule has 0 radical (unpaired) electrons. The van der Waals surface area contributed by atoms with Crippen molar-refractivity contribution in [3.8, 4) is 17.1 Å². The largest absolute Gasteiger partial charge is 0.416 e. The van der Waals surface area contributed by atoms with E-state index in [9.17, 15) is 23.1 Å². The van der Waals surface area contributed by atoms with Gasteiger partial charge in [-0.05, 0) is 37.3 Å². The van der Waals surface area contributed by atoms with Crippen molar-refractivity contribution in [1.82, 2.24) is 34.1 Å². The van der Waals surface area contributed by atoms with Crippen molar-refractivity contribution < 1.29 is 18.3 Å². The molecule has 4 rings (SSSR count). The highest BCUT2D eigenvalue weighted by molar-refractivity contribution is 6.30. The van der Waals surface area contributed by atoms with Crippen molar-refractivity contribution in [3.05, 3.63) is 69.9 Å². The average Bonchev–Trinajstić information content (AvgIpc) is 3.41. The van der Waals surface area contributed by atoms with Gasteiger partial charge in [0, 0.05) is 23.8 Å². The van der Waals surface area contributed by atoms with Gasteiger partial charge < -0.3 is 16.2 Å². The Hall–Kier alpha value is -3.46. The molecular weight excluding hydrogens is 550 g/mol. The number of nitrogens with two attached hydrogens (primary N) is 1. The number of hydrogen-bond acceptors (Lipinski definition) is 8. The zero-order valence-corrected chi connectivity index (χ0v) is 21.7. The van der Waals surface area contributed by atoms with Crippen LogP contribution in [0.1, 0.15) is 24.6 Å². The van der Waals surface area contributed by atoms with Gasteiger partial charge in [-0.3, -0.25) is 9.55 Å². The van der Waals surface area contributed by atoms with Crippen molar-refractivity contribution in [2.24, 2.45) is 5.73 Å². The highest BCUT2D eigenvalue weighted by Gasteiger charge is 2.39. The van der Waals surface area contributed by atoms with Crippen LogP contribution in [0.4, 0.5) is 18.9 Å². The molecular formula is C22H24Cl2F3N9O2.